The highest BCUT2D eigenvalue weighted by atomic mass is 32.2. The van der Waals surface area contributed by atoms with Crippen molar-refractivity contribution in [3.8, 4) is 0 Å². The maximum absolute atomic E-state index is 13.4. The summed E-state index contributed by atoms with van der Waals surface area (Å²) in [6, 6.07) is 4.05. The van der Waals surface area contributed by atoms with Gasteiger partial charge in [-0.1, -0.05) is 6.07 Å². The zero-order valence-corrected chi connectivity index (χ0v) is 10.3. The topological polar surface area (TPSA) is 103 Å². The standard InChI is InChI=1S/C10H9FN4O3S/c11-6-3-1-2-5(8(6)15-18)9-12-10(14-13-9)19-4-7(16)17/h1-3,10,14H,4H2,(H,12,13)(H,16,17). The normalized spacial score (nSPS) is 17.3. The molecule has 0 saturated heterocycles. The zero-order valence-electron chi connectivity index (χ0n) is 9.46. The van der Waals surface area contributed by atoms with Crippen molar-refractivity contribution in [2.24, 2.45) is 10.3 Å². The first-order chi connectivity index (χ1) is 9.11. The molecule has 0 fully saturated rings. The van der Waals surface area contributed by atoms with Crippen molar-refractivity contribution in [3.05, 3.63) is 34.5 Å². The summed E-state index contributed by atoms with van der Waals surface area (Å²) in [5, 5.41) is 17.9. The van der Waals surface area contributed by atoms with Gasteiger partial charge in [-0.25, -0.2) is 4.39 Å². The molecule has 0 amide bonds. The third-order valence-corrected chi connectivity index (χ3v) is 3.24. The van der Waals surface area contributed by atoms with Crippen LogP contribution in [0.1, 0.15) is 5.56 Å². The van der Waals surface area contributed by atoms with Gasteiger partial charge in [-0.05, 0) is 17.3 Å². The smallest absolute Gasteiger partial charge is 0.313 e. The van der Waals surface area contributed by atoms with Crippen molar-refractivity contribution in [1.82, 2.24) is 10.7 Å². The van der Waals surface area contributed by atoms with Crippen molar-refractivity contribution >= 4 is 29.3 Å². The SMILES string of the molecule is O=Nc1c(F)cccc1C1=NNC(SCC(=O)O)N1. The number of rotatable bonds is 5. The number of nitrogens with one attached hydrogen (secondary N) is 2. The molecule has 0 aromatic heterocycles. The number of benzene rings is 1. The van der Waals surface area contributed by atoms with Gasteiger partial charge in [0.05, 0.1) is 11.3 Å². The van der Waals surface area contributed by atoms with Gasteiger partial charge in [0.25, 0.3) is 0 Å². The summed E-state index contributed by atoms with van der Waals surface area (Å²) in [5.41, 5.74) is 2.08. The van der Waals surface area contributed by atoms with E-state index < -0.39 is 17.3 Å². The number of thioether (sulfide) groups is 1. The number of amidine groups is 1. The van der Waals surface area contributed by atoms with Crippen LogP contribution in [0.25, 0.3) is 0 Å². The minimum absolute atomic E-state index is 0.116. The summed E-state index contributed by atoms with van der Waals surface area (Å²) in [6.45, 7) is 0. The van der Waals surface area contributed by atoms with Crippen LogP contribution in [0.2, 0.25) is 0 Å². The van der Waals surface area contributed by atoms with E-state index in [0.717, 1.165) is 17.8 Å². The lowest BCUT2D eigenvalue weighted by Crippen LogP contribution is -2.33. The van der Waals surface area contributed by atoms with Crippen LogP contribution < -0.4 is 10.7 Å². The molecule has 1 unspecified atom stereocenters. The number of halogens is 1. The van der Waals surface area contributed by atoms with Crippen LogP contribution >= 0.6 is 11.8 Å². The van der Waals surface area contributed by atoms with E-state index in [1.165, 1.54) is 12.1 Å². The van der Waals surface area contributed by atoms with Crippen LogP contribution in [0.15, 0.2) is 28.5 Å². The van der Waals surface area contributed by atoms with E-state index in [1.807, 2.05) is 0 Å². The van der Waals surface area contributed by atoms with Crippen LogP contribution in [0.4, 0.5) is 10.1 Å². The molecule has 1 aromatic rings. The Bertz CT molecular complexity index is 552. The first-order valence-electron chi connectivity index (χ1n) is 5.17. The largest absolute Gasteiger partial charge is 0.481 e. The molecule has 0 aliphatic carbocycles. The van der Waals surface area contributed by atoms with Gasteiger partial charge in [-0.2, -0.15) is 5.10 Å². The predicted octanol–water partition coefficient (Wildman–Crippen LogP) is 1.18. The Kier molecular flexibility index (Phi) is 3.95. The third kappa shape index (κ3) is 2.99. The molecule has 1 atom stereocenters. The minimum Gasteiger partial charge on any atom is -0.481 e. The molecular weight excluding hydrogens is 275 g/mol. The highest BCUT2D eigenvalue weighted by molar-refractivity contribution is 8.00. The Morgan fingerprint density at radius 2 is 2.37 bits per heavy atom. The number of hydrazone groups is 1. The lowest BCUT2D eigenvalue weighted by molar-refractivity contribution is -0.133. The summed E-state index contributed by atoms with van der Waals surface area (Å²) in [7, 11) is 0. The predicted molar refractivity (Wildman–Crippen MR) is 68.5 cm³/mol. The molecule has 3 N–H and O–H groups in total. The minimum atomic E-state index is -0.956. The Hall–Kier alpha value is -2.16. The average Bonchev–Trinajstić information content (AvgIpc) is 2.84. The van der Waals surface area contributed by atoms with Crippen LogP contribution in [0.3, 0.4) is 0 Å². The van der Waals surface area contributed by atoms with Crippen molar-refractivity contribution in [3.63, 3.8) is 0 Å². The molecule has 0 bridgehead atoms. The number of carbonyl (C=O) groups is 1. The fraction of sp³-hybridized carbons (Fsp3) is 0.200. The van der Waals surface area contributed by atoms with Gasteiger partial charge < -0.3 is 10.4 Å². The van der Waals surface area contributed by atoms with E-state index in [9.17, 15) is 14.1 Å². The average molecular weight is 284 g/mol. The fourth-order valence-electron chi connectivity index (χ4n) is 1.48. The Morgan fingerprint density at radius 1 is 1.58 bits per heavy atom. The third-order valence-electron chi connectivity index (χ3n) is 2.27. The van der Waals surface area contributed by atoms with E-state index in [2.05, 4.69) is 21.0 Å². The van der Waals surface area contributed by atoms with E-state index in [0.29, 0.717) is 0 Å². The zero-order chi connectivity index (χ0) is 13.8. The number of aliphatic carboxylic acids is 1. The van der Waals surface area contributed by atoms with E-state index in [4.69, 9.17) is 5.11 Å². The van der Waals surface area contributed by atoms with Gasteiger partial charge in [0.2, 0.25) is 0 Å². The summed E-state index contributed by atoms with van der Waals surface area (Å²) in [4.78, 5) is 21.1. The van der Waals surface area contributed by atoms with Gasteiger partial charge in [0.15, 0.2) is 22.8 Å². The Labute approximate surface area is 111 Å². The van der Waals surface area contributed by atoms with Crippen molar-refractivity contribution in [2.75, 3.05) is 5.75 Å². The number of carboxylic acid groups (broad SMARTS) is 1. The second-order valence-electron chi connectivity index (χ2n) is 3.55. The summed E-state index contributed by atoms with van der Waals surface area (Å²) in [6.07, 6.45) is 0. The van der Waals surface area contributed by atoms with Gasteiger partial charge in [0, 0.05) is 0 Å². The highest BCUT2D eigenvalue weighted by Gasteiger charge is 2.23. The van der Waals surface area contributed by atoms with Crippen molar-refractivity contribution < 1.29 is 14.3 Å². The number of nitroso groups, excluding NO2 is 1. The number of carboxylic acids is 1. The highest BCUT2D eigenvalue weighted by Crippen LogP contribution is 2.24. The molecule has 1 aliphatic heterocycles. The molecule has 0 radical (unpaired) electrons. The molecule has 0 saturated carbocycles. The number of hydrogen-bond acceptors (Lipinski definition) is 7. The lowest BCUT2D eigenvalue weighted by Gasteiger charge is -2.10. The molecule has 1 aliphatic rings. The van der Waals surface area contributed by atoms with Gasteiger partial charge in [-0.15, -0.1) is 16.7 Å². The second-order valence-corrected chi connectivity index (χ2v) is 4.64. The Morgan fingerprint density at radius 3 is 3.05 bits per heavy atom. The molecule has 9 heteroatoms. The van der Waals surface area contributed by atoms with Crippen LogP contribution in [0.5, 0.6) is 0 Å². The van der Waals surface area contributed by atoms with Crippen molar-refractivity contribution in [1.29, 1.82) is 0 Å². The molecule has 2 rings (SSSR count). The Balaban J connectivity index is 2.11. The first-order valence-corrected chi connectivity index (χ1v) is 6.22. The quantitative estimate of drug-likeness (QED) is 0.701. The van der Waals surface area contributed by atoms with E-state index >= 15 is 0 Å². The van der Waals surface area contributed by atoms with E-state index in [1.54, 1.807) is 0 Å². The second kappa shape index (κ2) is 5.65. The van der Waals surface area contributed by atoms with Gasteiger partial charge in [-0.3, -0.25) is 10.2 Å². The maximum atomic E-state index is 13.4. The van der Waals surface area contributed by atoms with Gasteiger partial charge >= 0.3 is 5.97 Å². The lowest BCUT2D eigenvalue weighted by atomic mass is 10.1. The molecule has 100 valence electrons. The molecular formula is C10H9FN4O3S. The summed E-state index contributed by atoms with van der Waals surface area (Å²) >= 11 is 1.07. The molecule has 19 heavy (non-hydrogen) atoms. The summed E-state index contributed by atoms with van der Waals surface area (Å²) in [5.74, 6) is -1.56. The van der Waals surface area contributed by atoms with Crippen molar-refractivity contribution in [2.45, 2.75) is 5.50 Å². The monoisotopic (exact) mass is 284 g/mol. The molecule has 7 nitrogen and oxygen atoms in total. The molecule has 0 spiro atoms. The fourth-order valence-corrected chi connectivity index (χ4v) is 2.11. The molecule has 1 aromatic carbocycles. The van der Waals surface area contributed by atoms with Crippen LogP contribution in [0, 0.1) is 10.7 Å². The number of hydrogen-bond donors (Lipinski definition) is 3. The van der Waals surface area contributed by atoms with E-state index in [-0.39, 0.29) is 22.8 Å². The van der Waals surface area contributed by atoms with Crippen LogP contribution in [-0.4, -0.2) is 28.2 Å². The number of nitrogens with zero attached hydrogens (tertiary/aromatic N) is 2. The summed E-state index contributed by atoms with van der Waals surface area (Å²) < 4.78 is 13.4. The maximum Gasteiger partial charge on any atom is 0.313 e. The van der Waals surface area contributed by atoms with Crippen LogP contribution in [-0.2, 0) is 4.79 Å². The molecule has 1 heterocycles. The van der Waals surface area contributed by atoms with Gasteiger partial charge in [0.1, 0.15) is 0 Å². The first kappa shape index (κ1) is 13.3.